The Labute approximate surface area is 165 Å². The zero-order valence-corrected chi connectivity index (χ0v) is 16.8. The molecular weight excluding hydrogens is 358 g/mol. The predicted octanol–water partition coefficient (Wildman–Crippen LogP) is 3.69. The standard InChI is InChI=1S/C21H29N3O2S/c1-16(4-8-22)23-9-5-18(6-10-23)24(13-17-7-11-27-14-17)19-2-3-20-21(12-19)26-15-25-20/h2-3,7,11-12,14,16,18H,4-6,8-10,13,15,22H2,1H3/t16-/m1/s1. The highest BCUT2D eigenvalue weighted by Crippen LogP contribution is 2.37. The molecule has 1 aromatic carbocycles. The second-order valence-electron chi connectivity index (χ2n) is 7.49. The van der Waals surface area contributed by atoms with Crippen molar-refractivity contribution in [1.29, 1.82) is 0 Å². The van der Waals surface area contributed by atoms with Crippen LogP contribution in [0.3, 0.4) is 0 Å². The lowest BCUT2D eigenvalue weighted by Gasteiger charge is -2.41. The van der Waals surface area contributed by atoms with Crippen molar-refractivity contribution >= 4 is 17.0 Å². The van der Waals surface area contributed by atoms with Crippen molar-refractivity contribution in [2.75, 3.05) is 31.3 Å². The predicted molar refractivity (Wildman–Crippen MR) is 111 cm³/mol. The van der Waals surface area contributed by atoms with Crippen LogP contribution < -0.4 is 20.1 Å². The Kier molecular flexibility index (Phi) is 5.86. The van der Waals surface area contributed by atoms with Gasteiger partial charge in [0.2, 0.25) is 6.79 Å². The third-order valence-corrected chi connectivity index (χ3v) is 6.50. The van der Waals surface area contributed by atoms with Gasteiger partial charge in [-0.2, -0.15) is 11.3 Å². The van der Waals surface area contributed by atoms with Gasteiger partial charge in [-0.3, -0.25) is 0 Å². The van der Waals surface area contributed by atoms with Gasteiger partial charge in [0.15, 0.2) is 11.5 Å². The van der Waals surface area contributed by atoms with Gasteiger partial charge < -0.3 is 25.0 Å². The van der Waals surface area contributed by atoms with E-state index in [0.29, 0.717) is 18.9 Å². The number of nitrogens with zero attached hydrogens (tertiary/aromatic N) is 2. The van der Waals surface area contributed by atoms with Gasteiger partial charge in [0.1, 0.15) is 0 Å². The molecule has 2 aliphatic rings. The highest BCUT2D eigenvalue weighted by molar-refractivity contribution is 7.07. The number of benzene rings is 1. The van der Waals surface area contributed by atoms with E-state index in [0.717, 1.165) is 44.1 Å². The molecule has 27 heavy (non-hydrogen) atoms. The van der Waals surface area contributed by atoms with Crippen LogP contribution >= 0.6 is 11.3 Å². The summed E-state index contributed by atoms with van der Waals surface area (Å²) in [6, 6.07) is 9.68. The smallest absolute Gasteiger partial charge is 0.231 e. The number of likely N-dealkylation sites (tertiary alicyclic amines) is 1. The van der Waals surface area contributed by atoms with E-state index in [4.69, 9.17) is 15.2 Å². The molecule has 5 nitrogen and oxygen atoms in total. The maximum Gasteiger partial charge on any atom is 0.231 e. The molecule has 0 spiro atoms. The third kappa shape index (κ3) is 4.23. The quantitative estimate of drug-likeness (QED) is 0.785. The van der Waals surface area contributed by atoms with Crippen LogP contribution in [0.2, 0.25) is 0 Å². The van der Waals surface area contributed by atoms with Crippen LogP contribution in [0.5, 0.6) is 11.5 Å². The minimum atomic E-state index is 0.320. The van der Waals surface area contributed by atoms with Gasteiger partial charge in [-0.05, 0) is 67.3 Å². The SMILES string of the molecule is C[C@H](CCN)N1CCC(N(Cc2ccsc2)c2ccc3c(c2)OCO3)CC1. The molecule has 6 heteroatoms. The minimum absolute atomic E-state index is 0.320. The second kappa shape index (κ2) is 8.50. The van der Waals surface area contributed by atoms with Gasteiger partial charge >= 0.3 is 0 Å². The molecule has 3 heterocycles. The fourth-order valence-electron chi connectivity index (χ4n) is 4.14. The number of ether oxygens (including phenoxy) is 2. The van der Waals surface area contributed by atoms with E-state index in [1.165, 1.54) is 24.1 Å². The Morgan fingerprint density at radius 1 is 1.22 bits per heavy atom. The molecule has 0 saturated carbocycles. The Morgan fingerprint density at radius 2 is 2.04 bits per heavy atom. The van der Waals surface area contributed by atoms with E-state index in [-0.39, 0.29) is 0 Å². The fourth-order valence-corrected chi connectivity index (χ4v) is 4.80. The Bertz CT molecular complexity index is 729. The second-order valence-corrected chi connectivity index (χ2v) is 8.27. The molecule has 0 radical (unpaired) electrons. The first kappa shape index (κ1) is 18.6. The maximum absolute atomic E-state index is 5.75. The van der Waals surface area contributed by atoms with Crippen molar-refractivity contribution in [1.82, 2.24) is 4.90 Å². The number of hydrogen-bond donors (Lipinski definition) is 1. The number of nitrogens with two attached hydrogens (primary N) is 1. The molecule has 1 fully saturated rings. The molecule has 0 unspecified atom stereocenters. The summed E-state index contributed by atoms with van der Waals surface area (Å²) in [4.78, 5) is 5.14. The summed E-state index contributed by atoms with van der Waals surface area (Å²) >= 11 is 1.76. The van der Waals surface area contributed by atoms with Crippen LogP contribution in [0.25, 0.3) is 0 Å². The van der Waals surface area contributed by atoms with Gasteiger partial charge in [0.25, 0.3) is 0 Å². The lowest BCUT2D eigenvalue weighted by molar-refractivity contribution is 0.154. The topological polar surface area (TPSA) is 51.0 Å². The highest BCUT2D eigenvalue weighted by Gasteiger charge is 2.28. The van der Waals surface area contributed by atoms with E-state index < -0.39 is 0 Å². The van der Waals surface area contributed by atoms with Gasteiger partial charge in [0, 0.05) is 43.5 Å². The number of fused-ring (bicyclic) bond motifs is 1. The average Bonchev–Trinajstić information content (AvgIpc) is 3.37. The van der Waals surface area contributed by atoms with Crippen LogP contribution in [0.1, 0.15) is 31.7 Å². The van der Waals surface area contributed by atoms with Gasteiger partial charge in [-0.1, -0.05) is 0 Å². The van der Waals surface area contributed by atoms with Crippen molar-refractivity contribution < 1.29 is 9.47 Å². The zero-order chi connectivity index (χ0) is 18.6. The molecule has 1 saturated heterocycles. The van der Waals surface area contributed by atoms with Crippen LogP contribution in [0.4, 0.5) is 5.69 Å². The summed E-state index contributed by atoms with van der Waals surface area (Å²) in [5, 5.41) is 4.41. The van der Waals surface area contributed by atoms with Crippen molar-refractivity contribution in [3.05, 3.63) is 40.6 Å². The minimum Gasteiger partial charge on any atom is -0.454 e. The lowest BCUT2D eigenvalue weighted by Crippen LogP contribution is -2.47. The zero-order valence-electron chi connectivity index (χ0n) is 16.0. The monoisotopic (exact) mass is 387 g/mol. The summed E-state index contributed by atoms with van der Waals surface area (Å²) in [5.74, 6) is 1.71. The summed E-state index contributed by atoms with van der Waals surface area (Å²) in [6.07, 6.45) is 3.42. The van der Waals surface area contributed by atoms with Gasteiger partial charge in [-0.25, -0.2) is 0 Å². The molecule has 2 N–H and O–H groups in total. The first-order valence-corrected chi connectivity index (χ1v) is 10.8. The molecule has 0 amide bonds. The molecule has 0 bridgehead atoms. The lowest BCUT2D eigenvalue weighted by atomic mass is 9.99. The van der Waals surface area contributed by atoms with Crippen molar-refractivity contribution in [2.45, 2.75) is 44.8 Å². The molecule has 2 aliphatic heterocycles. The summed E-state index contributed by atoms with van der Waals surface area (Å²) < 4.78 is 11.1. The summed E-state index contributed by atoms with van der Waals surface area (Å²) in [5.41, 5.74) is 8.35. The Hall–Kier alpha value is -1.76. The van der Waals surface area contributed by atoms with E-state index in [1.807, 2.05) is 6.07 Å². The molecule has 146 valence electrons. The van der Waals surface area contributed by atoms with E-state index in [1.54, 1.807) is 11.3 Å². The number of piperidine rings is 1. The van der Waals surface area contributed by atoms with Crippen LogP contribution in [-0.2, 0) is 6.54 Å². The van der Waals surface area contributed by atoms with Crippen molar-refractivity contribution in [3.8, 4) is 11.5 Å². The Morgan fingerprint density at radius 3 is 2.78 bits per heavy atom. The summed E-state index contributed by atoms with van der Waals surface area (Å²) in [6.45, 7) is 6.59. The van der Waals surface area contributed by atoms with E-state index >= 15 is 0 Å². The fraction of sp³-hybridized carbons (Fsp3) is 0.524. The van der Waals surface area contributed by atoms with Gasteiger partial charge in [-0.15, -0.1) is 0 Å². The molecule has 0 aliphatic carbocycles. The average molecular weight is 388 g/mol. The number of rotatable bonds is 7. The highest BCUT2D eigenvalue weighted by atomic mass is 32.1. The number of hydrogen-bond acceptors (Lipinski definition) is 6. The molecular formula is C21H29N3O2S. The third-order valence-electron chi connectivity index (χ3n) is 5.77. The van der Waals surface area contributed by atoms with Crippen LogP contribution in [0, 0.1) is 0 Å². The van der Waals surface area contributed by atoms with Crippen LogP contribution in [-0.4, -0.2) is 43.4 Å². The molecule has 1 aromatic heterocycles. The largest absolute Gasteiger partial charge is 0.454 e. The summed E-state index contributed by atoms with van der Waals surface area (Å²) in [7, 11) is 0. The molecule has 2 aromatic rings. The van der Waals surface area contributed by atoms with E-state index in [2.05, 4.69) is 45.7 Å². The molecule has 1 atom stereocenters. The van der Waals surface area contributed by atoms with Crippen molar-refractivity contribution in [2.24, 2.45) is 5.73 Å². The molecule has 4 rings (SSSR count). The first-order valence-electron chi connectivity index (χ1n) is 9.86. The van der Waals surface area contributed by atoms with Crippen LogP contribution in [0.15, 0.2) is 35.0 Å². The number of anilines is 1. The normalized spacial score (nSPS) is 18.6. The number of thiophene rings is 1. The Balaban J connectivity index is 1.51. The first-order chi connectivity index (χ1) is 13.2. The van der Waals surface area contributed by atoms with Crippen molar-refractivity contribution in [3.63, 3.8) is 0 Å². The maximum atomic E-state index is 5.75. The van der Waals surface area contributed by atoms with Gasteiger partial charge in [0.05, 0.1) is 0 Å². The van der Waals surface area contributed by atoms with E-state index in [9.17, 15) is 0 Å².